The van der Waals surface area contributed by atoms with Crippen LogP contribution in [0.15, 0.2) is 59.7 Å². The highest BCUT2D eigenvalue weighted by molar-refractivity contribution is 6.42. The van der Waals surface area contributed by atoms with Crippen molar-refractivity contribution in [3.63, 3.8) is 0 Å². The van der Waals surface area contributed by atoms with Gasteiger partial charge in [-0.3, -0.25) is 24.9 Å². The monoisotopic (exact) mass is 453 g/mol. The third kappa shape index (κ3) is 4.55. The predicted molar refractivity (Wildman–Crippen MR) is 122 cm³/mol. The Bertz CT molecular complexity index is 1390. The number of hydrogen-bond acceptors (Lipinski definition) is 6. The van der Waals surface area contributed by atoms with E-state index in [1.54, 1.807) is 54.9 Å². The molecule has 0 spiro atoms. The molecule has 8 nitrogen and oxygen atoms in total. The molecule has 2 aromatic carbocycles. The summed E-state index contributed by atoms with van der Waals surface area (Å²) in [7, 11) is 0. The van der Waals surface area contributed by atoms with Crippen LogP contribution in [0.3, 0.4) is 0 Å². The zero-order chi connectivity index (χ0) is 22.0. The van der Waals surface area contributed by atoms with Crippen molar-refractivity contribution in [3.8, 4) is 0 Å². The van der Waals surface area contributed by atoms with E-state index in [0.29, 0.717) is 26.8 Å². The second kappa shape index (κ2) is 8.55. The van der Waals surface area contributed by atoms with Gasteiger partial charge in [0.1, 0.15) is 0 Å². The molecule has 10 heteroatoms. The minimum absolute atomic E-state index is 0.100. The maximum Gasteiger partial charge on any atom is 0.270 e. The molecule has 4 aromatic rings. The minimum atomic E-state index is -0.551. The van der Waals surface area contributed by atoms with Gasteiger partial charge in [0.25, 0.3) is 11.2 Å². The number of pyridine rings is 1. The molecule has 0 radical (unpaired) electrons. The summed E-state index contributed by atoms with van der Waals surface area (Å²) in [5.41, 5.74) is 1.40. The first-order chi connectivity index (χ1) is 14.9. The van der Waals surface area contributed by atoms with Crippen molar-refractivity contribution in [3.05, 3.63) is 96.5 Å². The number of non-ortho nitro benzene ring substituents is 1. The van der Waals surface area contributed by atoms with Crippen LogP contribution in [0.25, 0.3) is 23.1 Å². The number of halogens is 2. The van der Waals surface area contributed by atoms with Gasteiger partial charge in [0, 0.05) is 35.8 Å². The zero-order valence-electron chi connectivity index (χ0n) is 15.7. The van der Waals surface area contributed by atoms with E-state index in [9.17, 15) is 14.9 Å². The lowest BCUT2D eigenvalue weighted by Crippen LogP contribution is -2.12. The van der Waals surface area contributed by atoms with Gasteiger partial charge in [-0.05, 0) is 35.9 Å². The fourth-order valence-electron chi connectivity index (χ4n) is 2.92. The molecule has 0 saturated carbocycles. The lowest BCUT2D eigenvalue weighted by atomic mass is 10.1. The SMILES string of the molecule is O=c1[nH]c(Nc2ccc(Cl)c(Cl)c2)nc2c(/C=C/c3ccncc3)cc([N+](=O)[O-])cc12. The molecule has 0 fully saturated rings. The van der Waals surface area contributed by atoms with E-state index >= 15 is 0 Å². The molecule has 154 valence electrons. The molecule has 2 aromatic heterocycles. The Morgan fingerprint density at radius 1 is 1.03 bits per heavy atom. The van der Waals surface area contributed by atoms with Gasteiger partial charge >= 0.3 is 0 Å². The Hall–Kier alpha value is -3.75. The van der Waals surface area contributed by atoms with Crippen LogP contribution in [-0.4, -0.2) is 19.9 Å². The summed E-state index contributed by atoms with van der Waals surface area (Å²) in [5, 5.41) is 15.2. The van der Waals surface area contributed by atoms with Crippen LogP contribution in [0.4, 0.5) is 17.3 Å². The van der Waals surface area contributed by atoms with Crippen molar-refractivity contribution in [2.24, 2.45) is 0 Å². The summed E-state index contributed by atoms with van der Waals surface area (Å²) in [6, 6.07) is 11.0. The summed E-state index contributed by atoms with van der Waals surface area (Å²) in [6.07, 6.45) is 6.69. The molecule has 2 N–H and O–H groups in total. The van der Waals surface area contributed by atoms with Gasteiger partial charge in [0.2, 0.25) is 5.95 Å². The van der Waals surface area contributed by atoms with Crippen LogP contribution in [0.1, 0.15) is 11.1 Å². The normalized spacial score (nSPS) is 11.2. The minimum Gasteiger partial charge on any atom is -0.326 e. The number of H-pyrrole nitrogens is 1. The van der Waals surface area contributed by atoms with Crippen LogP contribution >= 0.6 is 23.2 Å². The highest BCUT2D eigenvalue weighted by Gasteiger charge is 2.15. The molecule has 0 amide bonds. The van der Waals surface area contributed by atoms with Crippen molar-refractivity contribution in [2.75, 3.05) is 5.32 Å². The molecule has 0 aliphatic heterocycles. The van der Waals surface area contributed by atoms with Gasteiger partial charge in [0.15, 0.2) is 0 Å². The number of aromatic nitrogens is 3. The molecule has 31 heavy (non-hydrogen) atoms. The largest absolute Gasteiger partial charge is 0.326 e. The zero-order valence-corrected chi connectivity index (χ0v) is 17.2. The Morgan fingerprint density at radius 3 is 2.52 bits per heavy atom. The standard InChI is InChI=1S/C21H13Cl2N5O3/c22-17-4-3-14(10-18(17)23)25-21-26-19-13(2-1-12-5-7-24-8-6-12)9-15(28(30)31)11-16(19)20(29)27-21/h1-11H,(H2,25,26,27,29)/b2-1+. The Morgan fingerprint density at radius 2 is 1.81 bits per heavy atom. The van der Waals surface area contributed by atoms with E-state index in [4.69, 9.17) is 23.2 Å². The summed E-state index contributed by atoms with van der Waals surface area (Å²) in [5.74, 6) is 0.156. The van der Waals surface area contributed by atoms with E-state index in [1.165, 1.54) is 12.1 Å². The number of hydrogen-bond donors (Lipinski definition) is 2. The summed E-state index contributed by atoms with van der Waals surface area (Å²) < 4.78 is 0. The van der Waals surface area contributed by atoms with Crippen LogP contribution in [0, 0.1) is 10.1 Å². The summed E-state index contributed by atoms with van der Waals surface area (Å²) in [6.45, 7) is 0. The number of nitro benzene ring substituents is 1. The van der Waals surface area contributed by atoms with Crippen molar-refractivity contribution in [2.45, 2.75) is 0 Å². The molecule has 4 rings (SSSR count). The van der Waals surface area contributed by atoms with Crippen LogP contribution in [0.5, 0.6) is 0 Å². The van der Waals surface area contributed by atoms with Crippen molar-refractivity contribution in [1.29, 1.82) is 0 Å². The molecule has 2 heterocycles. The molecular formula is C21H13Cl2N5O3. The number of nitro groups is 1. The number of aromatic amines is 1. The number of nitrogens with one attached hydrogen (secondary N) is 2. The average molecular weight is 454 g/mol. The van der Waals surface area contributed by atoms with Gasteiger partial charge in [0.05, 0.1) is 25.9 Å². The lowest BCUT2D eigenvalue weighted by molar-refractivity contribution is -0.384. The van der Waals surface area contributed by atoms with E-state index in [-0.39, 0.29) is 17.0 Å². The van der Waals surface area contributed by atoms with Gasteiger partial charge in [-0.2, -0.15) is 0 Å². The van der Waals surface area contributed by atoms with Gasteiger partial charge in [-0.25, -0.2) is 4.98 Å². The van der Waals surface area contributed by atoms with E-state index in [2.05, 4.69) is 20.3 Å². The van der Waals surface area contributed by atoms with Gasteiger partial charge in [-0.1, -0.05) is 35.4 Å². The Balaban J connectivity index is 1.83. The maximum absolute atomic E-state index is 12.7. The van der Waals surface area contributed by atoms with Crippen molar-refractivity contribution in [1.82, 2.24) is 15.0 Å². The number of benzene rings is 2. The Labute approximate surface area is 185 Å². The molecule has 0 atom stereocenters. The number of rotatable bonds is 5. The fourth-order valence-corrected chi connectivity index (χ4v) is 3.21. The fraction of sp³-hybridized carbons (Fsp3) is 0. The quantitative estimate of drug-likeness (QED) is 0.306. The third-order valence-electron chi connectivity index (χ3n) is 4.38. The number of anilines is 2. The van der Waals surface area contributed by atoms with Gasteiger partial charge in [-0.15, -0.1) is 0 Å². The first-order valence-electron chi connectivity index (χ1n) is 8.93. The van der Waals surface area contributed by atoms with E-state index in [1.807, 2.05) is 0 Å². The third-order valence-corrected chi connectivity index (χ3v) is 5.12. The second-order valence-corrected chi connectivity index (χ2v) is 7.28. The van der Waals surface area contributed by atoms with Gasteiger partial charge < -0.3 is 5.32 Å². The Kier molecular flexibility index (Phi) is 5.66. The highest BCUT2D eigenvalue weighted by Crippen LogP contribution is 2.28. The number of fused-ring (bicyclic) bond motifs is 1. The van der Waals surface area contributed by atoms with Crippen LogP contribution < -0.4 is 10.9 Å². The molecule has 0 aliphatic carbocycles. The molecule has 0 unspecified atom stereocenters. The summed E-state index contributed by atoms with van der Waals surface area (Å²) >= 11 is 12.0. The van der Waals surface area contributed by atoms with Crippen LogP contribution in [0.2, 0.25) is 10.0 Å². The molecule has 0 saturated heterocycles. The smallest absolute Gasteiger partial charge is 0.270 e. The van der Waals surface area contributed by atoms with E-state index < -0.39 is 10.5 Å². The highest BCUT2D eigenvalue weighted by atomic mass is 35.5. The first-order valence-corrected chi connectivity index (χ1v) is 9.69. The first kappa shape index (κ1) is 20.5. The molecule has 0 bridgehead atoms. The van der Waals surface area contributed by atoms with Crippen molar-refractivity contribution >= 4 is 63.6 Å². The second-order valence-electron chi connectivity index (χ2n) is 6.47. The van der Waals surface area contributed by atoms with E-state index in [0.717, 1.165) is 5.56 Å². The average Bonchev–Trinajstić information content (AvgIpc) is 2.75. The maximum atomic E-state index is 12.7. The lowest BCUT2D eigenvalue weighted by Gasteiger charge is -2.09. The predicted octanol–water partition coefficient (Wildman–Crippen LogP) is 5.45. The molecular weight excluding hydrogens is 441 g/mol. The van der Waals surface area contributed by atoms with Crippen molar-refractivity contribution < 1.29 is 4.92 Å². The number of nitrogens with zero attached hydrogens (tertiary/aromatic N) is 3. The summed E-state index contributed by atoms with van der Waals surface area (Å²) in [4.78, 5) is 34.5. The molecule has 0 aliphatic rings. The topological polar surface area (TPSA) is 114 Å². The van der Waals surface area contributed by atoms with Crippen LogP contribution in [-0.2, 0) is 0 Å².